The van der Waals surface area contributed by atoms with Crippen molar-refractivity contribution in [2.24, 2.45) is 0 Å². The molecule has 0 spiro atoms. The number of benzene rings is 1. The van der Waals surface area contributed by atoms with Gasteiger partial charge in [0.25, 0.3) is 0 Å². The van der Waals surface area contributed by atoms with Gasteiger partial charge in [-0.1, -0.05) is 18.2 Å². The summed E-state index contributed by atoms with van der Waals surface area (Å²) in [5.74, 6) is 0.546. The third-order valence-electron chi connectivity index (χ3n) is 3.88. The third kappa shape index (κ3) is 3.36. The Kier molecular flexibility index (Phi) is 4.32. The average Bonchev–Trinajstić information content (AvgIpc) is 3.17. The molecule has 1 aromatic carbocycles. The Morgan fingerprint density at radius 1 is 1.22 bits per heavy atom. The molecule has 2 aromatic rings. The molecule has 2 heterocycles. The summed E-state index contributed by atoms with van der Waals surface area (Å²) in [6, 6.07) is 11.1. The summed E-state index contributed by atoms with van der Waals surface area (Å²) in [4.78, 5) is 25.9. The zero-order valence-electron chi connectivity index (χ0n) is 12.9. The summed E-state index contributed by atoms with van der Waals surface area (Å²) in [6.45, 7) is 2.26. The van der Waals surface area contributed by atoms with Gasteiger partial charge in [-0.3, -0.25) is 4.79 Å². The first-order valence-corrected chi connectivity index (χ1v) is 7.59. The van der Waals surface area contributed by atoms with Crippen LogP contribution in [0, 0.1) is 0 Å². The van der Waals surface area contributed by atoms with E-state index in [1.165, 1.54) is 0 Å². The fourth-order valence-corrected chi connectivity index (χ4v) is 2.83. The minimum Gasteiger partial charge on any atom is -0.467 e. The highest BCUT2D eigenvalue weighted by Crippen LogP contribution is 2.31. The summed E-state index contributed by atoms with van der Waals surface area (Å²) in [5, 5.41) is 5.24. The number of hydrogen-bond donors (Lipinski definition) is 2. The van der Waals surface area contributed by atoms with Gasteiger partial charge in [0.2, 0.25) is 5.91 Å². The molecule has 3 amide bonds. The van der Waals surface area contributed by atoms with Crippen molar-refractivity contribution in [1.29, 1.82) is 0 Å². The molecular formula is C17H19N3O3. The van der Waals surface area contributed by atoms with E-state index in [-0.39, 0.29) is 25.0 Å². The fourth-order valence-electron chi connectivity index (χ4n) is 2.83. The van der Waals surface area contributed by atoms with Gasteiger partial charge in [-0.05, 0) is 37.1 Å². The van der Waals surface area contributed by atoms with Gasteiger partial charge in [0, 0.05) is 11.7 Å². The highest BCUT2D eigenvalue weighted by Gasteiger charge is 2.30. The van der Waals surface area contributed by atoms with E-state index in [0.717, 1.165) is 17.7 Å². The predicted molar refractivity (Wildman–Crippen MR) is 86.0 cm³/mol. The Morgan fingerprint density at radius 3 is 2.83 bits per heavy atom. The molecule has 3 rings (SSSR count). The third-order valence-corrected chi connectivity index (χ3v) is 3.88. The quantitative estimate of drug-likeness (QED) is 0.907. The largest absolute Gasteiger partial charge is 0.467 e. The van der Waals surface area contributed by atoms with Crippen molar-refractivity contribution in [3.8, 4) is 0 Å². The van der Waals surface area contributed by atoms with E-state index >= 15 is 0 Å². The van der Waals surface area contributed by atoms with E-state index in [0.29, 0.717) is 5.76 Å². The number of anilines is 1. The first-order valence-electron chi connectivity index (χ1n) is 7.59. The lowest BCUT2D eigenvalue weighted by atomic mass is 10.1. The van der Waals surface area contributed by atoms with Crippen molar-refractivity contribution < 1.29 is 14.0 Å². The number of nitrogens with zero attached hydrogens (tertiary/aromatic N) is 1. The van der Waals surface area contributed by atoms with Gasteiger partial charge < -0.3 is 20.0 Å². The summed E-state index contributed by atoms with van der Waals surface area (Å²) in [7, 11) is 0. The number of rotatable bonds is 4. The molecule has 1 aliphatic rings. The number of carbonyl (C=O) groups is 2. The predicted octanol–water partition coefficient (Wildman–Crippen LogP) is 2.06. The summed E-state index contributed by atoms with van der Waals surface area (Å²) in [5.41, 5.74) is 2.10. The van der Waals surface area contributed by atoms with Crippen molar-refractivity contribution in [2.45, 2.75) is 25.9 Å². The molecule has 6 heteroatoms. The second-order valence-electron chi connectivity index (χ2n) is 5.56. The van der Waals surface area contributed by atoms with E-state index < -0.39 is 6.03 Å². The van der Waals surface area contributed by atoms with Crippen LogP contribution in [0.2, 0.25) is 0 Å². The molecule has 23 heavy (non-hydrogen) atoms. The fraction of sp³-hybridized carbons (Fsp3) is 0.294. The maximum Gasteiger partial charge on any atom is 0.315 e. The van der Waals surface area contributed by atoms with Crippen LogP contribution in [0.3, 0.4) is 0 Å². The first-order chi connectivity index (χ1) is 11.1. The van der Waals surface area contributed by atoms with Crippen LogP contribution in [0.15, 0.2) is 47.1 Å². The van der Waals surface area contributed by atoms with E-state index in [9.17, 15) is 9.59 Å². The topological polar surface area (TPSA) is 74.6 Å². The molecule has 0 radical (unpaired) electrons. The molecule has 1 atom stereocenters. The van der Waals surface area contributed by atoms with Crippen LogP contribution in [0.5, 0.6) is 0 Å². The lowest BCUT2D eigenvalue weighted by Gasteiger charge is -2.22. The van der Waals surface area contributed by atoms with Crippen LogP contribution in [0.1, 0.15) is 18.2 Å². The zero-order chi connectivity index (χ0) is 16.2. The minimum atomic E-state index is -0.394. The van der Waals surface area contributed by atoms with Crippen molar-refractivity contribution in [3.63, 3.8) is 0 Å². The van der Waals surface area contributed by atoms with Gasteiger partial charge >= 0.3 is 6.03 Å². The molecule has 0 fully saturated rings. The highest BCUT2D eigenvalue weighted by molar-refractivity contribution is 5.98. The Morgan fingerprint density at radius 2 is 2.04 bits per heavy atom. The smallest absolute Gasteiger partial charge is 0.315 e. The van der Waals surface area contributed by atoms with E-state index in [4.69, 9.17) is 4.42 Å². The Bertz CT molecular complexity index is 697. The molecule has 1 aromatic heterocycles. The number of urea groups is 1. The molecule has 1 aliphatic heterocycles. The van der Waals surface area contributed by atoms with Crippen molar-refractivity contribution >= 4 is 17.6 Å². The Balaban J connectivity index is 1.52. The van der Waals surface area contributed by atoms with E-state index in [2.05, 4.69) is 10.6 Å². The molecule has 0 unspecified atom stereocenters. The van der Waals surface area contributed by atoms with Crippen molar-refractivity contribution in [1.82, 2.24) is 10.6 Å². The number of carbonyl (C=O) groups excluding carboxylic acids is 2. The minimum absolute atomic E-state index is 0.0390. The van der Waals surface area contributed by atoms with Crippen LogP contribution in [0.4, 0.5) is 10.5 Å². The summed E-state index contributed by atoms with van der Waals surface area (Å²) >= 11 is 0. The molecule has 0 saturated carbocycles. The van der Waals surface area contributed by atoms with Crippen molar-refractivity contribution in [3.05, 3.63) is 54.0 Å². The van der Waals surface area contributed by atoms with Crippen LogP contribution in [0.25, 0.3) is 0 Å². The number of fused-ring (bicyclic) bond motifs is 1. The van der Waals surface area contributed by atoms with Crippen LogP contribution in [-0.2, 0) is 17.8 Å². The molecule has 0 saturated heterocycles. The lowest BCUT2D eigenvalue weighted by Crippen LogP contribution is -2.45. The summed E-state index contributed by atoms with van der Waals surface area (Å²) in [6.07, 6.45) is 2.39. The summed E-state index contributed by atoms with van der Waals surface area (Å²) < 4.78 is 5.13. The van der Waals surface area contributed by atoms with Gasteiger partial charge in [0.15, 0.2) is 0 Å². The van der Waals surface area contributed by atoms with Crippen LogP contribution in [-0.4, -0.2) is 24.5 Å². The molecular weight excluding hydrogens is 294 g/mol. The van der Waals surface area contributed by atoms with Gasteiger partial charge in [0.1, 0.15) is 5.76 Å². The molecule has 6 nitrogen and oxygen atoms in total. The second-order valence-corrected chi connectivity index (χ2v) is 5.56. The van der Waals surface area contributed by atoms with Gasteiger partial charge in [-0.2, -0.15) is 0 Å². The lowest BCUT2D eigenvalue weighted by molar-refractivity contribution is -0.117. The van der Waals surface area contributed by atoms with E-state index in [1.54, 1.807) is 23.3 Å². The second kappa shape index (κ2) is 6.56. The number of para-hydroxylation sites is 1. The standard InChI is InChI=1S/C17H19N3O3/c1-12-9-13-5-2-3-7-15(13)20(12)16(21)11-19-17(22)18-10-14-6-4-8-23-14/h2-8,12H,9-11H2,1H3,(H2,18,19,22)/t12-/m1/s1. The first kappa shape index (κ1) is 15.1. The number of hydrogen-bond acceptors (Lipinski definition) is 3. The van der Waals surface area contributed by atoms with Crippen LogP contribution < -0.4 is 15.5 Å². The van der Waals surface area contributed by atoms with Crippen LogP contribution >= 0.6 is 0 Å². The Hall–Kier alpha value is -2.76. The molecule has 0 bridgehead atoms. The maximum absolute atomic E-state index is 12.4. The average molecular weight is 313 g/mol. The molecule has 0 aliphatic carbocycles. The SMILES string of the molecule is C[C@@H]1Cc2ccccc2N1C(=O)CNC(=O)NCc1ccco1. The monoisotopic (exact) mass is 313 g/mol. The van der Waals surface area contributed by atoms with Crippen molar-refractivity contribution in [2.75, 3.05) is 11.4 Å². The molecule has 120 valence electrons. The molecule has 2 N–H and O–H groups in total. The van der Waals surface area contributed by atoms with Gasteiger partial charge in [-0.15, -0.1) is 0 Å². The highest BCUT2D eigenvalue weighted by atomic mass is 16.3. The number of nitrogens with one attached hydrogen (secondary N) is 2. The van der Waals surface area contributed by atoms with E-state index in [1.807, 2.05) is 31.2 Å². The maximum atomic E-state index is 12.4. The normalized spacial score (nSPS) is 16.0. The van der Waals surface area contributed by atoms with Gasteiger partial charge in [-0.25, -0.2) is 4.79 Å². The Labute approximate surface area is 134 Å². The number of amides is 3. The number of furan rings is 1. The zero-order valence-corrected chi connectivity index (χ0v) is 12.9. The van der Waals surface area contributed by atoms with Gasteiger partial charge in [0.05, 0.1) is 19.4 Å².